The zero-order valence-electron chi connectivity index (χ0n) is 29.2. The fraction of sp³-hybridized carbons (Fsp3) is 0.368. The Morgan fingerprint density at radius 3 is 1.16 bits per heavy atom. The molecule has 5 rings (SSSR count). The molecule has 0 spiro atoms. The van der Waals surface area contributed by atoms with E-state index in [9.17, 15) is 0 Å². The normalized spacial score (nSPS) is 12.0. The largest absolute Gasteiger partial charge is 0.768 e. The molecule has 0 aliphatic heterocycles. The summed E-state index contributed by atoms with van der Waals surface area (Å²) < 4.78 is 9.54. The maximum atomic E-state index is 7.45. The summed E-state index contributed by atoms with van der Waals surface area (Å²) in [6.07, 6.45) is 0. The summed E-state index contributed by atoms with van der Waals surface area (Å²) >= 11 is 7.45. The van der Waals surface area contributed by atoms with E-state index in [4.69, 9.17) is 12.1 Å². The van der Waals surface area contributed by atoms with E-state index in [0.29, 0.717) is 0 Å². The molecule has 2 aromatic heterocycles. The Kier molecular flexibility index (Phi) is 8.17. The second-order valence-electron chi connectivity index (χ2n) is 13.2. The SMILES string of the molecule is Cc1cc(C)c(-c2cccc(-c3c(C)cc(C)cc3C)c2[Si]([S-])(c2n(C)c(C)c(C)[n+]2C)c2n(C)c(C)c(C)[n+]2C)c(C)c1. The minimum absolute atomic E-state index is 1.22. The van der Waals surface area contributed by atoms with Gasteiger partial charge >= 0.3 is 0 Å². The van der Waals surface area contributed by atoms with E-state index in [1.165, 1.54) is 94.5 Å². The zero-order chi connectivity index (χ0) is 32.6. The number of nitrogens with zero attached hydrogens (tertiary/aromatic N) is 4. The monoisotopic (exact) mass is 621 g/mol. The van der Waals surface area contributed by atoms with Crippen molar-refractivity contribution >= 4 is 35.4 Å². The quantitative estimate of drug-likeness (QED) is 0.154. The number of aryl methyl sites for hydroxylation is 6. The van der Waals surface area contributed by atoms with Crippen molar-refractivity contribution in [3.05, 3.63) is 98.6 Å². The van der Waals surface area contributed by atoms with E-state index in [-0.39, 0.29) is 0 Å². The lowest BCUT2D eigenvalue weighted by Gasteiger charge is -2.37. The van der Waals surface area contributed by atoms with Crippen molar-refractivity contribution in [2.75, 3.05) is 0 Å². The van der Waals surface area contributed by atoms with E-state index in [1.54, 1.807) is 0 Å². The standard InChI is InChI=1S/C38H49N4SSi/c1-22-18-24(3)34(25(4)19-22)32-16-15-17-33(35-26(5)20-23(2)21-27(35)6)36(32)44(43,37-39(11)28(7)29(8)40(37)12)38-41(13)30(9)31(10)42(38)14/h15-21H,1-14H3/q+1. The van der Waals surface area contributed by atoms with Gasteiger partial charge in [0.05, 0.1) is 28.2 Å². The van der Waals surface area contributed by atoms with Crippen molar-refractivity contribution in [1.29, 1.82) is 0 Å². The summed E-state index contributed by atoms with van der Waals surface area (Å²) in [7, 11) is 5.62. The van der Waals surface area contributed by atoms with Crippen LogP contribution in [0.3, 0.4) is 0 Å². The highest BCUT2D eigenvalue weighted by molar-refractivity contribution is 8.04. The summed E-state index contributed by atoms with van der Waals surface area (Å²) in [5.74, 6) is 0. The second kappa shape index (κ2) is 11.2. The van der Waals surface area contributed by atoms with Crippen molar-refractivity contribution in [2.24, 2.45) is 28.2 Å². The number of hydrogen-bond acceptors (Lipinski definition) is 1. The maximum Gasteiger partial charge on any atom is 0.220 e. The molecular weight excluding hydrogens is 573 g/mol. The Balaban J connectivity index is 2.13. The molecule has 44 heavy (non-hydrogen) atoms. The first-order valence-corrected chi connectivity index (χ1v) is 18.7. The highest BCUT2D eigenvalue weighted by atomic mass is 32.3. The smallest absolute Gasteiger partial charge is 0.220 e. The van der Waals surface area contributed by atoms with Crippen LogP contribution < -0.4 is 25.2 Å². The van der Waals surface area contributed by atoms with E-state index in [1.807, 2.05) is 0 Å². The molecular formula is C38H49N4SSi+. The molecule has 0 aliphatic carbocycles. The summed E-state index contributed by atoms with van der Waals surface area (Å²) in [5, 5.41) is 1.30. The maximum absolute atomic E-state index is 7.45. The summed E-state index contributed by atoms with van der Waals surface area (Å²) in [6.45, 7) is 22.3. The van der Waals surface area contributed by atoms with Gasteiger partial charge in [-0.3, -0.25) is 0 Å². The Bertz CT molecular complexity index is 1740. The molecule has 0 amide bonds. The Morgan fingerprint density at radius 1 is 0.568 bits per heavy atom. The average Bonchev–Trinajstić information content (AvgIpc) is 3.25. The molecule has 0 aliphatic rings. The van der Waals surface area contributed by atoms with Crippen molar-refractivity contribution in [3.8, 4) is 22.3 Å². The minimum atomic E-state index is -3.22. The topological polar surface area (TPSA) is 17.6 Å². The predicted molar refractivity (Wildman–Crippen MR) is 190 cm³/mol. The summed E-state index contributed by atoms with van der Waals surface area (Å²) in [6, 6.07) is 16.2. The van der Waals surface area contributed by atoms with Gasteiger partial charge < -0.3 is 12.1 Å². The van der Waals surface area contributed by atoms with Gasteiger partial charge in [-0.2, -0.15) is 0 Å². The third kappa shape index (κ3) is 4.64. The van der Waals surface area contributed by atoms with Crippen LogP contribution in [0.5, 0.6) is 0 Å². The van der Waals surface area contributed by atoms with E-state index in [2.05, 4.69) is 158 Å². The van der Waals surface area contributed by atoms with Gasteiger partial charge in [-0.05, 0) is 91.2 Å². The Morgan fingerprint density at radius 2 is 0.886 bits per heavy atom. The highest BCUT2D eigenvalue weighted by Crippen LogP contribution is 2.35. The van der Waals surface area contributed by atoms with E-state index in [0.717, 1.165) is 0 Å². The minimum Gasteiger partial charge on any atom is -0.768 e. The molecule has 0 fully saturated rings. The summed E-state index contributed by atoms with van der Waals surface area (Å²) in [4.78, 5) is 0. The fourth-order valence-corrected chi connectivity index (χ4v) is 14.6. The van der Waals surface area contributed by atoms with Crippen LogP contribution in [0.15, 0.2) is 42.5 Å². The van der Waals surface area contributed by atoms with Crippen molar-refractivity contribution < 1.29 is 9.13 Å². The van der Waals surface area contributed by atoms with Crippen molar-refractivity contribution in [1.82, 2.24) is 9.13 Å². The van der Waals surface area contributed by atoms with Gasteiger partial charge in [0.2, 0.25) is 18.1 Å². The molecule has 4 nitrogen and oxygen atoms in total. The molecule has 6 heteroatoms. The van der Waals surface area contributed by atoms with Crippen LogP contribution in [0.2, 0.25) is 0 Å². The van der Waals surface area contributed by atoms with Gasteiger partial charge in [-0.1, -0.05) is 53.6 Å². The number of imidazole rings is 2. The molecule has 0 radical (unpaired) electrons. The van der Waals surface area contributed by atoms with Crippen molar-refractivity contribution in [3.63, 3.8) is 0 Å². The lowest BCUT2D eigenvalue weighted by Crippen LogP contribution is -2.82. The third-order valence-corrected chi connectivity index (χ3v) is 15.8. The molecule has 230 valence electrons. The van der Waals surface area contributed by atoms with Gasteiger partial charge in [0, 0.05) is 27.7 Å². The number of aromatic nitrogens is 4. The first-order valence-electron chi connectivity index (χ1n) is 15.6. The average molecular weight is 622 g/mol. The lowest BCUT2D eigenvalue weighted by molar-refractivity contribution is -0.664. The first kappa shape index (κ1) is 32.1. The molecule has 2 heterocycles. The van der Waals surface area contributed by atoms with Gasteiger partial charge in [0.1, 0.15) is 22.8 Å². The second-order valence-corrected chi connectivity index (χ2v) is 17.8. The van der Waals surface area contributed by atoms with E-state index >= 15 is 0 Å². The third-order valence-electron chi connectivity index (χ3n) is 10.3. The Hall–Kier alpha value is -3.35. The van der Waals surface area contributed by atoms with Gasteiger partial charge in [-0.15, -0.1) is 0 Å². The van der Waals surface area contributed by atoms with E-state index < -0.39 is 7.22 Å². The lowest BCUT2D eigenvalue weighted by atomic mass is 9.89. The zero-order valence-corrected chi connectivity index (χ0v) is 31.1. The van der Waals surface area contributed by atoms with Crippen LogP contribution in [0.25, 0.3) is 22.3 Å². The van der Waals surface area contributed by atoms with Crippen LogP contribution in [-0.4, -0.2) is 16.4 Å². The van der Waals surface area contributed by atoms with Crippen LogP contribution in [0, 0.1) is 69.2 Å². The number of hydrogen-bond donors (Lipinski definition) is 0. The van der Waals surface area contributed by atoms with Crippen LogP contribution in [0.4, 0.5) is 0 Å². The van der Waals surface area contributed by atoms with Crippen LogP contribution >= 0.6 is 0 Å². The molecule has 0 saturated heterocycles. The number of benzene rings is 3. The molecule has 0 unspecified atom stereocenters. The first-order chi connectivity index (χ1) is 20.5. The molecule has 0 bridgehead atoms. The Labute approximate surface area is 271 Å². The molecule has 5 aromatic rings. The highest BCUT2D eigenvalue weighted by Gasteiger charge is 2.49. The molecule has 0 atom stereocenters. The van der Waals surface area contributed by atoms with Gasteiger partial charge in [-0.25, -0.2) is 18.3 Å². The van der Waals surface area contributed by atoms with Gasteiger partial charge in [0.25, 0.3) is 0 Å². The molecule has 0 saturated carbocycles. The van der Waals surface area contributed by atoms with Gasteiger partial charge in [0.15, 0.2) is 0 Å². The number of rotatable bonds is 5. The molecule has 0 N–H and O–H groups in total. The van der Waals surface area contributed by atoms with Crippen molar-refractivity contribution in [2.45, 2.75) is 69.2 Å². The molecule has 3 aromatic carbocycles. The van der Waals surface area contributed by atoms with Crippen LogP contribution in [-0.2, 0) is 40.3 Å². The fourth-order valence-electron chi connectivity index (χ4n) is 7.88. The predicted octanol–water partition coefficient (Wildman–Crippen LogP) is 4.94. The van der Waals surface area contributed by atoms with Crippen LogP contribution in [0.1, 0.15) is 56.2 Å². The summed E-state index contributed by atoms with van der Waals surface area (Å²) in [5.41, 5.74) is 20.3.